The summed E-state index contributed by atoms with van der Waals surface area (Å²) in [5.74, 6) is 0.162. The van der Waals surface area contributed by atoms with Gasteiger partial charge in [0.1, 0.15) is 6.61 Å². The summed E-state index contributed by atoms with van der Waals surface area (Å²) in [6.45, 7) is 4.73. The largest absolute Gasteiger partial charge is 0.372 e. The third-order valence-electron chi connectivity index (χ3n) is 3.29. The fourth-order valence-electron chi connectivity index (χ4n) is 2.31. The average molecular weight is 242 g/mol. The van der Waals surface area contributed by atoms with Crippen LogP contribution in [-0.4, -0.2) is 62.1 Å². The Morgan fingerprint density at radius 1 is 1.41 bits per heavy atom. The fraction of sp³-hybridized carbons (Fsp3) is 0.923. The first-order valence-electron chi connectivity index (χ1n) is 6.67. The number of ether oxygens (including phenoxy) is 1. The van der Waals surface area contributed by atoms with Gasteiger partial charge in [-0.3, -0.25) is 4.79 Å². The van der Waals surface area contributed by atoms with E-state index >= 15 is 0 Å². The Bertz CT molecular complexity index is 231. The van der Waals surface area contributed by atoms with Gasteiger partial charge in [-0.1, -0.05) is 0 Å². The molecule has 1 aliphatic rings. The van der Waals surface area contributed by atoms with Crippen molar-refractivity contribution >= 4 is 5.91 Å². The van der Waals surface area contributed by atoms with Crippen molar-refractivity contribution in [3.8, 4) is 0 Å². The molecule has 4 nitrogen and oxygen atoms in total. The van der Waals surface area contributed by atoms with Gasteiger partial charge in [0.05, 0.1) is 0 Å². The molecule has 0 aromatic rings. The normalized spacial score (nSPS) is 20.9. The zero-order chi connectivity index (χ0) is 12.7. The predicted octanol–water partition coefficient (Wildman–Crippen LogP) is 1.36. The number of carbonyl (C=O) groups is 1. The van der Waals surface area contributed by atoms with Crippen LogP contribution in [0.25, 0.3) is 0 Å². The summed E-state index contributed by atoms with van der Waals surface area (Å²) in [5, 5.41) is 0. The van der Waals surface area contributed by atoms with Crippen LogP contribution in [0, 0.1) is 0 Å². The van der Waals surface area contributed by atoms with E-state index in [1.807, 2.05) is 11.8 Å². The molecular weight excluding hydrogens is 216 g/mol. The number of nitrogens with zero attached hydrogens (tertiary/aromatic N) is 2. The second-order valence-corrected chi connectivity index (χ2v) is 4.97. The van der Waals surface area contributed by atoms with E-state index in [2.05, 4.69) is 19.0 Å². The van der Waals surface area contributed by atoms with E-state index < -0.39 is 0 Å². The Hall–Kier alpha value is -0.610. The molecule has 1 heterocycles. The van der Waals surface area contributed by atoms with Gasteiger partial charge in [-0.15, -0.1) is 0 Å². The Kier molecular flexibility index (Phi) is 6.52. The van der Waals surface area contributed by atoms with Gasteiger partial charge in [-0.2, -0.15) is 0 Å². The molecule has 0 saturated carbocycles. The van der Waals surface area contributed by atoms with Crippen molar-refractivity contribution in [1.29, 1.82) is 0 Å². The summed E-state index contributed by atoms with van der Waals surface area (Å²) in [7, 11) is 4.16. The van der Waals surface area contributed by atoms with Crippen LogP contribution in [0.1, 0.15) is 32.6 Å². The van der Waals surface area contributed by atoms with Crippen LogP contribution < -0.4 is 0 Å². The van der Waals surface area contributed by atoms with Crippen LogP contribution >= 0.6 is 0 Å². The summed E-state index contributed by atoms with van der Waals surface area (Å²) in [6, 6.07) is 0.416. The van der Waals surface area contributed by atoms with Crippen molar-refractivity contribution in [1.82, 2.24) is 9.80 Å². The van der Waals surface area contributed by atoms with Crippen LogP contribution in [0.15, 0.2) is 0 Å². The van der Waals surface area contributed by atoms with E-state index in [1.165, 1.54) is 6.42 Å². The molecule has 0 N–H and O–H groups in total. The monoisotopic (exact) mass is 242 g/mol. The number of hydrogen-bond acceptors (Lipinski definition) is 3. The van der Waals surface area contributed by atoms with Crippen molar-refractivity contribution in [3.05, 3.63) is 0 Å². The van der Waals surface area contributed by atoms with E-state index in [1.54, 1.807) is 0 Å². The highest BCUT2D eigenvalue weighted by Crippen LogP contribution is 2.20. The smallest absolute Gasteiger partial charge is 0.248 e. The van der Waals surface area contributed by atoms with E-state index in [-0.39, 0.29) is 12.5 Å². The number of piperidine rings is 1. The lowest BCUT2D eigenvalue weighted by Crippen LogP contribution is -2.46. The Morgan fingerprint density at radius 3 is 2.82 bits per heavy atom. The summed E-state index contributed by atoms with van der Waals surface area (Å²) in [4.78, 5) is 16.2. The molecule has 4 heteroatoms. The lowest BCUT2D eigenvalue weighted by Gasteiger charge is -2.36. The zero-order valence-electron chi connectivity index (χ0n) is 11.4. The fourth-order valence-corrected chi connectivity index (χ4v) is 2.31. The molecule has 0 aromatic heterocycles. The van der Waals surface area contributed by atoms with Crippen LogP contribution in [0.5, 0.6) is 0 Å². The van der Waals surface area contributed by atoms with Crippen molar-refractivity contribution in [2.24, 2.45) is 0 Å². The maximum atomic E-state index is 12.0. The van der Waals surface area contributed by atoms with Gasteiger partial charge in [0.2, 0.25) is 5.91 Å². The summed E-state index contributed by atoms with van der Waals surface area (Å²) in [6.07, 6.45) is 4.60. The van der Waals surface area contributed by atoms with E-state index in [0.29, 0.717) is 12.6 Å². The van der Waals surface area contributed by atoms with Gasteiger partial charge in [0, 0.05) is 19.2 Å². The molecule has 0 radical (unpaired) electrons. The molecule has 0 spiro atoms. The van der Waals surface area contributed by atoms with Crippen molar-refractivity contribution in [2.75, 3.05) is 40.4 Å². The van der Waals surface area contributed by atoms with Gasteiger partial charge in [0.15, 0.2) is 0 Å². The molecule has 1 rings (SSSR count). The van der Waals surface area contributed by atoms with Crippen molar-refractivity contribution in [3.63, 3.8) is 0 Å². The number of carbonyl (C=O) groups excluding carboxylic acids is 1. The quantitative estimate of drug-likeness (QED) is 0.705. The van der Waals surface area contributed by atoms with Crippen molar-refractivity contribution in [2.45, 2.75) is 38.6 Å². The highest BCUT2D eigenvalue weighted by atomic mass is 16.5. The second-order valence-electron chi connectivity index (χ2n) is 4.97. The Labute approximate surface area is 105 Å². The third kappa shape index (κ3) is 5.04. The molecule has 17 heavy (non-hydrogen) atoms. The number of likely N-dealkylation sites (tertiary alicyclic amines) is 1. The molecule has 1 fully saturated rings. The molecule has 1 aliphatic heterocycles. The molecule has 1 saturated heterocycles. The molecule has 0 aromatic carbocycles. The van der Waals surface area contributed by atoms with E-state index in [9.17, 15) is 4.79 Å². The highest BCUT2D eigenvalue weighted by molar-refractivity contribution is 5.77. The number of hydrogen-bond donors (Lipinski definition) is 0. The standard InChI is InChI=1S/C13H26N2O2/c1-4-17-11-13(16)15-9-6-5-7-12(15)8-10-14(2)3/h12H,4-11H2,1-3H3. The first-order chi connectivity index (χ1) is 8.15. The SMILES string of the molecule is CCOCC(=O)N1CCCCC1CCN(C)C. The van der Waals surface area contributed by atoms with Gasteiger partial charge in [-0.05, 0) is 53.2 Å². The second kappa shape index (κ2) is 7.67. The molecule has 1 atom stereocenters. The van der Waals surface area contributed by atoms with Gasteiger partial charge >= 0.3 is 0 Å². The Morgan fingerprint density at radius 2 is 2.18 bits per heavy atom. The van der Waals surface area contributed by atoms with Crippen LogP contribution in [-0.2, 0) is 9.53 Å². The minimum atomic E-state index is 0.162. The minimum absolute atomic E-state index is 0.162. The lowest BCUT2D eigenvalue weighted by molar-refractivity contribution is -0.139. The molecular formula is C13H26N2O2. The van der Waals surface area contributed by atoms with Crippen LogP contribution in [0.3, 0.4) is 0 Å². The Balaban J connectivity index is 2.44. The molecule has 0 aliphatic carbocycles. The van der Waals surface area contributed by atoms with Gasteiger partial charge in [0.25, 0.3) is 0 Å². The number of rotatable bonds is 6. The summed E-state index contributed by atoms with van der Waals surface area (Å²) >= 11 is 0. The lowest BCUT2D eigenvalue weighted by atomic mass is 9.99. The molecule has 0 bridgehead atoms. The first-order valence-corrected chi connectivity index (χ1v) is 6.67. The minimum Gasteiger partial charge on any atom is -0.372 e. The van der Waals surface area contributed by atoms with Crippen LogP contribution in [0.4, 0.5) is 0 Å². The number of amides is 1. The van der Waals surface area contributed by atoms with Gasteiger partial charge in [-0.25, -0.2) is 0 Å². The first kappa shape index (κ1) is 14.5. The van der Waals surface area contributed by atoms with Crippen molar-refractivity contribution < 1.29 is 9.53 Å². The van der Waals surface area contributed by atoms with E-state index in [0.717, 1.165) is 32.4 Å². The topological polar surface area (TPSA) is 32.8 Å². The molecule has 1 amide bonds. The zero-order valence-corrected chi connectivity index (χ0v) is 11.4. The van der Waals surface area contributed by atoms with Crippen LogP contribution in [0.2, 0.25) is 0 Å². The highest BCUT2D eigenvalue weighted by Gasteiger charge is 2.26. The molecule has 100 valence electrons. The van der Waals surface area contributed by atoms with Gasteiger partial charge < -0.3 is 14.5 Å². The summed E-state index contributed by atoms with van der Waals surface area (Å²) < 4.78 is 5.22. The maximum Gasteiger partial charge on any atom is 0.248 e. The molecule has 1 unspecified atom stereocenters. The average Bonchev–Trinajstić information content (AvgIpc) is 2.33. The third-order valence-corrected chi connectivity index (χ3v) is 3.29. The van der Waals surface area contributed by atoms with E-state index in [4.69, 9.17) is 4.74 Å². The predicted molar refractivity (Wildman–Crippen MR) is 69.0 cm³/mol. The maximum absolute atomic E-state index is 12.0. The summed E-state index contributed by atoms with van der Waals surface area (Å²) in [5.41, 5.74) is 0.